The van der Waals surface area contributed by atoms with Crippen LogP contribution in [0.1, 0.15) is 22.1 Å². The molecule has 84 valence electrons. The van der Waals surface area contributed by atoms with Crippen molar-refractivity contribution in [2.45, 2.75) is 12.5 Å². The van der Waals surface area contributed by atoms with Gasteiger partial charge in [0, 0.05) is 11.3 Å². The molecule has 0 saturated heterocycles. The first-order chi connectivity index (χ1) is 8.26. The standard InChI is InChI=1S/C13H8BrNOS/c14-13-4-3-12(17-13)11-6-9-5-8(7-15)1-2-10(9)16-11/h1-5,11H,6H2/t11-/m1/s1. The molecule has 0 N–H and O–H groups in total. The van der Waals surface area contributed by atoms with E-state index in [2.05, 4.69) is 28.1 Å². The van der Waals surface area contributed by atoms with Gasteiger partial charge in [0.25, 0.3) is 0 Å². The van der Waals surface area contributed by atoms with Crippen LogP contribution in [0.2, 0.25) is 0 Å². The molecule has 0 fully saturated rings. The van der Waals surface area contributed by atoms with E-state index >= 15 is 0 Å². The van der Waals surface area contributed by atoms with Crippen molar-refractivity contribution < 1.29 is 4.74 Å². The topological polar surface area (TPSA) is 33.0 Å². The molecule has 17 heavy (non-hydrogen) atoms. The van der Waals surface area contributed by atoms with Crippen LogP contribution in [0.4, 0.5) is 0 Å². The van der Waals surface area contributed by atoms with Gasteiger partial charge in [-0.2, -0.15) is 5.26 Å². The van der Waals surface area contributed by atoms with Gasteiger partial charge in [0.2, 0.25) is 0 Å². The number of nitrogens with zero attached hydrogens (tertiary/aromatic N) is 1. The Labute approximate surface area is 112 Å². The van der Waals surface area contributed by atoms with Gasteiger partial charge < -0.3 is 4.74 Å². The molecule has 0 spiro atoms. The Morgan fingerprint density at radius 2 is 2.24 bits per heavy atom. The first kappa shape index (κ1) is 10.8. The zero-order chi connectivity index (χ0) is 11.8. The summed E-state index contributed by atoms with van der Waals surface area (Å²) in [6.07, 6.45) is 0.938. The largest absolute Gasteiger partial charge is 0.484 e. The van der Waals surface area contributed by atoms with Crippen LogP contribution >= 0.6 is 27.3 Å². The van der Waals surface area contributed by atoms with E-state index in [1.807, 2.05) is 18.2 Å². The highest BCUT2D eigenvalue weighted by molar-refractivity contribution is 9.11. The van der Waals surface area contributed by atoms with Crippen molar-refractivity contribution in [2.75, 3.05) is 0 Å². The van der Waals surface area contributed by atoms with Gasteiger partial charge in [0.05, 0.1) is 15.4 Å². The molecule has 0 unspecified atom stereocenters. The van der Waals surface area contributed by atoms with Crippen LogP contribution in [0.25, 0.3) is 0 Å². The van der Waals surface area contributed by atoms with Crippen LogP contribution in [0.15, 0.2) is 34.1 Å². The van der Waals surface area contributed by atoms with Crippen LogP contribution in [-0.4, -0.2) is 0 Å². The highest BCUT2D eigenvalue weighted by Crippen LogP contribution is 2.40. The Bertz CT molecular complexity index is 614. The maximum Gasteiger partial charge on any atom is 0.137 e. The van der Waals surface area contributed by atoms with E-state index in [0.29, 0.717) is 5.56 Å². The third-order valence-corrected chi connectivity index (χ3v) is 4.49. The van der Waals surface area contributed by atoms with Gasteiger partial charge in [-0.25, -0.2) is 0 Å². The zero-order valence-corrected chi connectivity index (χ0v) is 11.2. The molecule has 0 aliphatic carbocycles. The lowest BCUT2D eigenvalue weighted by atomic mass is 10.1. The SMILES string of the molecule is N#Cc1ccc2c(c1)C[C@H](c1ccc(Br)s1)O2. The number of rotatable bonds is 1. The molecule has 1 aliphatic rings. The highest BCUT2D eigenvalue weighted by atomic mass is 79.9. The second-order valence-corrected chi connectivity index (χ2v) is 6.38. The number of thiophene rings is 1. The summed E-state index contributed by atoms with van der Waals surface area (Å²) in [7, 11) is 0. The van der Waals surface area contributed by atoms with Gasteiger partial charge in [-0.3, -0.25) is 0 Å². The Kier molecular flexibility index (Phi) is 2.65. The van der Waals surface area contributed by atoms with Gasteiger partial charge in [0.1, 0.15) is 11.9 Å². The van der Waals surface area contributed by atoms with E-state index in [0.717, 1.165) is 21.5 Å². The molecule has 1 aliphatic heterocycles. The molecule has 1 aromatic carbocycles. The predicted octanol–water partition coefficient (Wildman–Crippen LogP) is 4.06. The third-order valence-electron chi connectivity index (χ3n) is 2.78. The van der Waals surface area contributed by atoms with Crippen LogP contribution in [0.5, 0.6) is 5.75 Å². The average molecular weight is 306 g/mol. The van der Waals surface area contributed by atoms with Crippen molar-refractivity contribution in [1.82, 2.24) is 0 Å². The minimum atomic E-state index is 0.0928. The molecule has 0 radical (unpaired) electrons. The normalized spacial score (nSPS) is 17.3. The summed E-state index contributed by atoms with van der Waals surface area (Å²) in [5.74, 6) is 0.901. The highest BCUT2D eigenvalue weighted by Gasteiger charge is 2.25. The number of fused-ring (bicyclic) bond motifs is 1. The van der Waals surface area contributed by atoms with Crippen molar-refractivity contribution in [3.63, 3.8) is 0 Å². The lowest BCUT2D eigenvalue weighted by molar-refractivity contribution is 0.243. The Hall–Kier alpha value is -1.31. The fraction of sp³-hybridized carbons (Fsp3) is 0.154. The Morgan fingerprint density at radius 3 is 2.94 bits per heavy atom. The number of benzene rings is 1. The minimum Gasteiger partial charge on any atom is -0.484 e. The van der Waals surface area contributed by atoms with Crippen molar-refractivity contribution in [3.8, 4) is 11.8 Å². The maximum absolute atomic E-state index is 8.86. The molecular formula is C13H8BrNOS. The average Bonchev–Trinajstić information content (AvgIpc) is 2.93. The summed E-state index contributed by atoms with van der Waals surface area (Å²) in [6, 6.07) is 11.9. The molecule has 4 heteroatoms. The first-order valence-electron chi connectivity index (χ1n) is 5.21. The minimum absolute atomic E-state index is 0.0928. The van der Waals surface area contributed by atoms with Crippen LogP contribution in [0, 0.1) is 11.3 Å². The molecule has 2 heterocycles. The van der Waals surface area contributed by atoms with Crippen LogP contribution in [0.3, 0.4) is 0 Å². The lowest BCUT2D eigenvalue weighted by Crippen LogP contribution is -1.99. The van der Waals surface area contributed by atoms with E-state index in [4.69, 9.17) is 10.00 Å². The van der Waals surface area contributed by atoms with Gasteiger partial charge in [-0.1, -0.05) is 0 Å². The molecule has 3 rings (SSSR count). The molecule has 0 bridgehead atoms. The second-order valence-electron chi connectivity index (χ2n) is 3.89. The van der Waals surface area contributed by atoms with Crippen LogP contribution < -0.4 is 4.74 Å². The van der Waals surface area contributed by atoms with E-state index in [1.54, 1.807) is 17.4 Å². The molecule has 0 saturated carbocycles. The van der Waals surface area contributed by atoms with Crippen molar-refractivity contribution >= 4 is 27.3 Å². The fourth-order valence-electron chi connectivity index (χ4n) is 1.98. The molecule has 1 aromatic heterocycles. The van der Waals surface area contributed by atoms with E-state index < -0.39 is 0 Å². The summed E-state index contributed by atoms with van der Waals surface area (Å²) >= 11 is 5.15. The van der Waals surface area contributed by atoms with Crippen LogP contribution in [-0.2, 0) is 6.42 Å². The smallest absolute Gasteiger partial charge is 0.137 e. The Balaban J connectivity index is 1.90. The van der Waals surface area contributed by atoms with Crippen molar-refractivity contribution in [3.05, 3.63) is 50.1 Å². The predicted molar refractivity (Wildman–Crippen MR) is 70.2 cm³/mol. The summed E-state index contributed by atoms with van der Waals surface area (Å²) in [5, 5.41) is 8.86. The summed E-state index contributed by atoms with van der Waals surface area (Å²) in [4.78, 5) is 1.21. The van der Waals surface area contributed by atoms with Gasteiger partial charge >= 0.3 is 0 Å². The second kappa shape index (κ2) is 4.17. The quantitative estimate of drug-likeness (QED) is 0.796. The number of nitriles is 1. The zero-order valence-electron chi connectivity index (χ0n) is 8.81. The molecule has 1 atom stereocenters. The van der Waals surface area contributed by atoms with Gasteiger partial charge in [0.15, 0.2) is 0 Å². The number of ether oxygens (including phenoxy) is 1. The van der Waals surface area contributed by atoms with Gasteiger partial charge in [-0.15, -0.1) is 11.3 Å². The number of hydrogen-bond donors (Lipinski definition) is 0. The third kappa shape index (κ3) is 1.97. The van der Waals surface area contributed by atoms with E-state index in [1.165, 1.54) is 4.88 Å². The summed E-state index contributed by atoms with van der Waals surface area (Å²) < 4.78 is 7.00. The Morgan fingerprint density at radius 1 is 1.35 bits per heavy atom. The maximum atomic E-state index is 8.86. The summed E-state index contributed by atoms with van der Waals surface area (Å²) in [5.41, 5.74) is 1.82. The molecule has 0 amide bonds. The number of hydrogen-bond acceptors (Lipinski definition) is 3. The number of halogens is 1. The van der Waals surface area contributed by atoms with Crippen molar-refractivity contribution in [2.24, 2.45) is 0 Å². The lowest BCUT2D eigenvalue weighted by Gasteiger charge is -2.07. The van der Waals surface area contributed by atoms with E-state index in [9.17, 15) is 0 Å². The van der Waals surface area contributed by atoms with Gasteiger partial charge in [-0.05, 0) is 51.8 Å². The monoisotopic (exact) mass is 305 g/mol. The molecule has 2 aromatic rings. The molecular weight excluding hydrogens is 298 g/mol. The van der Waals surface area contributed by atoms with E-state index in [-0.39, 0.29) is 6.10 Å². The summed E-state index contributed by atoms with van der Waals surface area (Å²) in [6.45, 7) is 0. The first-order valence-corrected chi connectivity index (χ1v) is 6.82. The fourth-order valence-corrected chi connectivity index (χ4v) is 3.43. The van der Waals surface area contributed by atoms with Crippen molar-refractivity contribution in [1.29, 1.82) is 5.26 Å². The molecule has 2 nitrogen and oxygen atoms in total.